The van der Waals surface area contributed by atoms with Crippen LogP contribution in [0.4, 0.5) is 0 Å². The van der Waals surface area contributed by atoms with Gasteiger partial charge in [0.25, 0.3) is 0 Å². The molecule has 0 radical (unpaired) electrons. The second-order valence-corrected chi connectivity index (χ2v) is 3.43. The second-order valence-electron chi connectivity index (χ2n) is 2.40. The molecule has 1 nitrogen and oxygen atoms in total. The number of carbonyl (C=O) groups is 1. The van der Waals surface area contributed by atoms with E-state index in [1.54, 1.807) is 18.3 Å². The van der Waals surface area contributed by atoms with Crippen LogP contribution in [0.3, 0.4) is 0 Å². The smallest absolute Gasteiger partial charge is 0.149 e. The van der Waals surface area contributed by atoms with Crippen molar-refractivity contribution in [1.29, 1.82) is 0 Å². The Morgan fingerprint density at radius 3 is 3.08 bits per heavy atom. The highest BCUT2D eigenvalue weighted by molar-refractivity contribution is 7.10. The molecule has 1 rings (SSSR count). The zero-order valence-electron chi connectivity index (χ0n) is 6.96. The molecular weight excluding hydrogens is 168 g/mol. The number of rotatable bonds is 3. The molecule has 0 saturated heterocycles. The van der Waals surface area contributed by atoms with Gasteiger partial charge < -0.3 is 0 Å². The Morgan fingerprint density at radius 1 is 1.67 bits per heavy atom. The van der Waals surface area contributed by atoms with Crippen molar-refractivity contribution in [2.45, 2.75) is 19.8 Å². The fourth-order valence-corrected chi connectivity index (χ4v) is 1.59. The Morgan fingerprint density at radius 2 is 2.50 bits per heavy atom. The molecule has 1 aromatic heterocycles. The molecular formula is C10H10OS. The summed E-state index contributed by atoms with van der Waals surface area (Å²) in [5.74, 6) is 5.68. The summed E-state index contributed by atoms with van der Waals surface area (Å²) in [6.07, 6.45) is 0.917. The molecule has 0 aliphatic carbocycles. The Hall–Kier alpha value is -1.07. The summed E-state index contributed by atoms with van der Waals surface area (Å²) in [6.45, 7) is 1.75. The van der Waals surface area contributed by atoms with Gasteiger partial charge in [-0.2, -0.15) is 0 Å². The van der Waals surface area contributed by atoms with Crippen LogP contribution < -0.4 is 0 Å². The van der Waals surface area contributed by atoms with Crippen molar-refractivity contribution in [3.05, 3.63) is 22.4 Å². The maximum absolute atomic E-state index is 11.2. The van der Waals surface area contributed by atoms with Crippen LogP contribution in [0.25, 0.3) is 0 Å². The number of carbonyl (C=O) groups excluding carboxylic acids is 1. The average molecular weight is 178 g/mol. The third-order valence-electron chi connectivity index (χ3n) is 1.41. The number of hydrogen-bond acceptors (Lipinski definition) is 2. The van der Waals surface area contributed by atoms with E-state index in [1.807, 2.05) is 17.5 Å². The first kappa shape index (κ1) is 9.02. The third-order valence-corrected chi connectivity index (χ3v) is 2.29. The fourth-order valence-electron chi connectivity index (χ4n) is 0.857. The molecule has 0 aromatic carbocycles. The van der Waals surface area contributed by atoms with Crippen molar-refractivity contribution in [2.75, 3.05) is 0 Å². The molecule has 12 heavy (non-hydrogen) atoms. The Bertz CT molecular complexity index is 300. The largest absolute Gasteiger partial charge is 0.298 e. The highest BCUT2D eigenvalue weighted by Gasteiger charge is 2.01. The first-order chi connectivity index (χ1) is 5.83. The average Bonchev–Trinajstić information content (AvgIpc) is 2.53. The first-order valence-electron chi connectivity index (χ1n) is 3.76. The van der Waals surface area contributed by atoms with Gasteiger partial charge in [0.2, 0.25) is 0 Å². The molecule has 0 amide bonds. The number of thiophene rings is 1. The van der Waals surface area contributed by atoms with Gasteiger partial charge in [0.1, 0.15) is 5.78 Å². The minimum Gasteiger partial charge on any atom is -0.298 e. The fraction of sp³-hybridized carbons (Fsp3) is 0.300. The normalized spacial score (nSPS) is 8.75. The van der Waals surface area contributed by atoms with Gasteiger partial charge >= 0.3 is 0 Å². The van der Waals surface area contributed by atoms with E-state index in [0.29, 0.717) is 12.8 Å². The molecule has 2 heteroatoms. The molecule has 0 bridgehead atoms. The summed E-state index contributed by atoms with van der Waals surface area (Å²) in [7, 11) is 0. The van der Waals surface area contributed by atoms with Crippen molar-refractivity contribution in [3.63, 3.8) is 0 Å². The Kier molecular flexibility index (Phi) is 3.56. The standard InChI is InChI=1S/C10H10OS/c1-2-3-5-9(11)8-10-6-4-7-12-10/h4,6-7H,5,8H2,1H3. The summed E-state index contributed by atoms with van der Waals surface area (Å²) in [5.41, 5.74) is 0. The summed E-state index contributed by atoms with van der Waals surface area (Å²) < 4.78 is 0. The highest BCUT2D eigenvalue weighted by atomic mass is 32.1. The van der Waals surface area contributed by atoms with Gasteiger partial charge in [0.05, 0.1) is 6.42 Å². The van der Waals surface area contributed by atoms with Gasteiger partial charge in [0.15, 0.2) is 0 Å². The van der Waals surface area contributed by atoms with Gasteiger partial charge in [-0.05, 0) is 18.4 Å². The maximum atomic E-state index is 11.2. The molecule has 0 unspecified atom stereocenters. The van der Waals surface area contributed by atoms with Gasteiger partial charge in [0, 0.05) is 11.3 Å². The minimum atomic E-state index is 0.201. The predicted octanol–water partition coefficient (Wildman–Crippen LogP) is 2.27. The highest BCUT2D eigenvalue weighted by Crippen LogP contribution is 2.09. The van der Waals surface area contributed by atoms with Crippen LogP contribution >= 0.6 is 11.3 Å². The zero-order chi connectivity index (χ0) is 8.81. The molecule has 62 valence electrons. The van der Waals surface area contributed by atoms with Crippen LogP contribution in [0, 0.1) is 11.8 Å². The molecule has 1 heterocycles. The van der Waals surface area contributed by atoms with Crippen molar-refractivity contribution >= 4 is 17.1 Å². The van der Waals surface area contributed by atoms with E-state index in [4.69, 9.17) is 0 Å². The zero-order valence-corrected chi connectivity index (χ0v) is 7.78. The summed E-state index contributed by atoms with van der Waals surface area (Å²) >= 11 is 1.62. The topological polar surface area (TPSA) is 17.1 Å². The Labute approximate surface area is 76.4 Å². The lowest BCUT2D eigenvalue weighted by Crippen LogP contribution is -1.98. The van der Waals surface area contributed by atoms with Crippen LogP contribution in [-0.4, -0.2) is 5.78 Å². The van der Waals surface area contributed by atoms with Crippen LogP contribution in [0.15, 0.2) is 17.5 Å². The van der Waals surface area contributed by atoms with Crippen LogP contribution in [0.1, 0.15) is 18.2 Å². The van der Waals surface area contributed by atoms with Crippen LogP contribution in [-0.2, 0) is 11.2 Å². The monoisotopic (exact) mass is 178 g/mol. The number of ketones is 1. The summed E-state index contributed by atoms with van der Waals surface area (Å²) in [4.78, 5) is 12.3. The predicted molar refractivity (Wildman–Crippen MR) is 51.1 cm³/mol. The van der Waals surface area contributed by atoms with Crippen molar-refractivity contribution in [2.24, 2.45) is 0 Å². The van der Waals surface area contributed by atoms with Crippen molar-refractivity contribution in [1.82, 2.24) is 0 Å². The molecule has 0 spiro atoms. The van der Waals surface area contributed by atoms with E-state index < -0.39 is 0 Å². The summed E-state index contributed by atoms with van der Waals surface area (Å²) in [5, 5.41) is 1.98. The van der Waals surface area contributed by atoms with Crippen LogP contribution in [0.2, 0.25) is 0 Å². The van der Waals surface area contributed by atoms with Gasteiger partial charge in [-0.25, -0.2) is 0 Å². The van der Waals surface area contributed by atoms with Crippen LogP contribution in [0.5, 0.6) is 0 Å². The molecule has 0 fully saturated rings. The number of Topliss-reactive ketones (excluding diaryl/α,β-unsaturated/α-hetero) is 1. The number of hydrogen-bond donors (Lipinski definition) is 0. The van der Waals surface area contributed by atoms with E-state index in [0.717, 1.165) is 4.88 Å². The van der Waals surface area contributed by atoms with E-state index in [9.17, 15) is 4.79 Å². The van der Waals surface area contributed by atoms with Crippen molar-refractivity contribution < 1.29 is 4.79 Å². The Balaban J connectivity index is 2.40. The molecule has 1 aromatic rings. The van der Waals surface area contributed by atoms with Gasteiger partial charge in [-0.3, -0.25) is 4.79 Å². The van der Waals surface area contributed by atoms with Crippen molar-refractivity contribution in [3.8, 4) is 11.8 Å². The van der Waals surface area contributed by atoms with E-state index in [2.05, 4.69) is 11.8 Å². The lowest BCUT2D eigenvalue weighted by molar-refractivity contribution is -0.117. The lowest BCUT2D eigenvalue weighted by Gasteiger charge is -1.91. The SMILES string of the molecule is CC#CCC(=O)Cc1cccs1. The molecule has 0 aliphatic heterocycles. The second kappa shape index (κ2) is 4.74. The first-order valence-corrected chi connectivity index (χ1v) is 4.64. The third kappa shape index (κ3) is 2.89. The molecule has 0 saturated carbocycles. The van der Waals surface area contributed by atoms with E-state index in [1.165, 1.54) is 0 Å². The van der Waals surface area contributed by atoms with Gasteiger partial charge in [-0.15, -0.1) is 17.3 Å². The molecule has 0 aliphatic rings. The molecule has 0 atom stereocenters. The quantitative estimate of drug-likeness (QED) is 0.649. The maximum Gasteiger partial charge on any atom is 0.149 e. The van der Waals surface area contributed by atoms with E-state index in [-0.39, 0.29) is 5.78 Å². The minimum absolute atomic E-state index is 0.201. The summed E-state index contributed by atoms with van der Waals surface area (Å²) in [6, 6.07) is 3.93. The van der Waals surface area contributed by atoms with Gasteiger partial charge in [-0.1, -0.05) is 12.0 Å². The molecule has 0 N–H and O–H groups in total. The lowest BCUT2D eigenvalue weighted by atomic mass is 10.2. The van der Waals surface area contributed by atoms with E-state index >= 15 is 0 Å².